The molecule has 0 amide bonds. The van der Waals surface area contributed by atoms with Crippen LogP contribution in [-0.4, -0.2) is 24.0 Å². The number of benzene rings is 1. The molecule has 1 aromatic carbocycles. The Morgan fingerprint density at radius 3 is 2.47 bits per heavy atom. The van der Waals surface area contributed by atoms with Gasteiger partial charge in [0.25, 0.3) is 0 Å². The van der Waals surface area contributed by atoms with Gasteiger partial charge in [-0.2, -0.15) is 0 Å². The molecule has 2 unspecified atom stereocenters. The number of halogens is 3. The third-order valence-electron chi connectivity index (χ3n) is 3.64. The first-order valence-electron chi connectivity index (χ1n) is 6.68. The van der Waals surface area contributed by atoms with Crippen LogP contribution in [0.3, 0.4) is 0 Å². The van der Waals surface area contributed by atoms with Gasteiger partial charge in [-0.1, -0.05) is 6.92 Å². The summed E-state index contributed by atoms with van der Waals surface area (Å²) in [4.78, 5) is 2.13. The Hall–Kier alpha value is -1.07. The Labute approximate surface area is 111 Å². The van der Waals surface area contributed by atoms with Crippen molar-refractivity contribution in [2.24, 2.45) is 5.73 Å². The molecule has 0 spiro atoms. The van der Waals surface area contributed by atoms with Crippen molar-refractivity contribution >= 4 is 0 Å². The molecule has 0 bridgehead atoms. The fourth-order valence-corrected chi connectivity index (χ4v) is 2.84. The van der Waals surface area contributed by atoms with Crippen LogP contribution in [0.2, 0.25) is 0 Å². The molecular formula is C14H19F3N2. The lowest BCUT2D eigenvalue weighted by Gasteiger charge is -2.40. The topological polar surface area (TPSA) is 29.3 Å². The van der Waals surface area contributed by atoms with Crippen molar-refractivity contribution in [2.45, 2.75) is 38.3 Å². The van der Waals surface area contributed by atoms with E-state index < -0.39 is 17.5 Å². The molecule has 2 nitrogen and oxygen atoms in total. The number of nitrogens with two attached hydrogens (primary N) is 1. The van der Waals surface area contributed by atoms with Crippen molar-refractivity contribution < 1.29 is 13.2 Å². The molecule has 1 saturated heterocycles. The number of piperidine rings is 1. The van der Waals surface area contributed by atoms with Crippen LogP contribution in [0.4, 0.5) is 13.2 Å². The summed E-state index contributed by atoms with van der Waals surface area (Å²) in [5.74, 6) is -3.72. The maximum atomic E-state index is 13.4. The van der Waals surface area contributed by atoms with Crippen LogP contribution >= 0.6 is 0 Å². The highest BCUT2D eigenvalue weighted by Gasteiger charge is 2.31. The molecule has 1 aliphatic rings. The van der Waals surface area contributed by atoms with Gasteiger partial charge in [-0.25, -0.2) is 13.2 Å². The largest absolute Gasteiger partial charge is 0.326 e. The second-order valence-electron chi connectivity index (χ2n) is 5.09. The summed E-state index contributed by atoms with van der Waals surface area (Å²) >= 11 is 0. The standard InChI is InChI=1S/C14H19F3N2/c1-2-5-19-6-3-4-12(18)14(19)9-7-10(15)13(17)11(16)8-9/h7-8,12,14H,2-6,18H2,1H3. The van der Waals surface area contributed by atoms with E-state index in [1.165, 1.54) is 0 Å². The van der Waals surface area contributed by atoms with E-state index in [4.69, 9.17) is 5.73 Å². The lowest BCUT2D eigenvalue weighted by Crippen LogP contribution is -2.46. The lowest BCUT2D eigenvalue weighted by atomic mass is 9.90. The molecule has 1 heterocycles. The van der Waals surface area contributed by atoms with Gasteiger partial charge in [-0.05, 0) is 50.0 Å². The summed E-state index contributed by atoms with van der Waals surface area (Å²) in [5.41, 5.74) is 6.52. The zero-order chi connectivity index (χ0) is 14.0. The second-order valence-corrected chi connectivity index (χ2v) is 5.09. The molecule has 106 valence electrons. The van der Waals surface area contributed by atoms with Crippen molar-refractivity contribution in [3.8, 4) is 0 Å². The van der Waals surface area contributed by atoms with Crippen molar-refractivity contribution in [1.29, 1.82) is 0 Å². The van der Waals surface area contributed by atoms with Crippen molar-refractivity contribution in [1.82, 2.24) is 4.90 Å². The van der Waals surface area contributed by atoms with Crippen molar-refractivity contribution in [2.75, 3.05) is 13.1 Å². The molecule has 0 aliphatic carbocycles. The van der Waals surface area contributed by atoms with Gasteiger partial charge in [0.05, 0.1) is 6.04 Å². The van der Waals surface area contributed by atoms with Crippen LogP contribution in [0.1, 0.15) is 37.8 Å². The van der Waals surface area contributed by atoms with Crippen LogP contribution in [0, 0.1) is 17.5 Å². The third kappa shape index (κ3) is 2.92. The lowest BCUT2D eigenvalue weighted by molar-refractivity contribution is 0.128. The molecule has 0 radical (unpaired) electrons. The van der Waals surface area contributed by atoms with Crippen molar-refractivity contribution in [3.63, 3.8) is 0 Å². The summed E-state index contributed by atoms with van der Waals surface area (Å²) in [7, 11) is 0. The zero-order valence-electron chi connectivity index (χ0n) is 11.0. The average Bonchev–Trinajstić information content (AvgIpc) is 2.36. The molecule has 2 rings (SSSR count). The normalized spacial score (nSPS) is 24.7. The van der Waals surface area contributed by atoms with Gasteiger partial charge in [0, 0.05) is 6.04 Å². The molecule has 0 aromatic heterocycles. The maximum absolute atomic E-state index is 13.4. The minimum Gasteiger partial charge on any atom is -0.326 e. The highest BCUT2D eigenvalue weighted by molar-refractivity contribution is 5.24. The molecule has 2 atom stereocenters. The van der Waals surface area contributed by atoms with E-state index in [1.54, 1.807) is 0 Å². The number of nitrogens with zero attached hydrogens (tertiary/aromatic N) is 1. The Morgan fingerprint density at radius 2 is 1.89 bits per heavy atom. The Bertz CT molecular complexity index is 425. The van der Waals surface area contributed by atoms with Gasteiger partial charge in [0.2, 0.25) is 0 Å². The van der Waals surface area contributed by atoms with Crippen LogP contribution in [-0.2, 0) is 0 Å². The van der Waals surface area contributed by atoms with Gasteiger partial charge in [-0.3, -0.25) is 4.90 Å². The minimum absolute atomic E-state index is 0.176. The zero-order valence-corrected chi connectivity index (χ0v) is 11.0. The number of hydrogen-bond donors (Lipinski definition) is 1. The van der Waals surface area contributed by atoms with Gasteiger partial charge < -0.3 is 5.73 Å². The quantitative estimate of drug-likeness (QED) is 0.857. The van der Waals surface area contributed by atoms with Gasteiger partial charge >= 0.3 is 0 Å². The average molecular weight is 272 g/mol. The van der Waals surface area contributed by atoms with E-state index >= 15 is 0 Å². The second kappa shape index (κ2) is 5.92. The molecule has 19 heavy (non-hydrogen) atoms. The summed E-state index contributed by atoms with van der Waals surface area (Å²) in [6.07, 6.45) is 2.73. The number of likely N-dealkylation sites (tertiary alicyclic amines) is 1. The first kappa shape index (κ1) is 14.3. The predicted molar refractivity (Wildman–Crippen MR) is 68.1 cm³/mol. The molecular weight excluding hydrogens is 253 g/mol. The number of hydrogen-bond acceptors (Lipinski definition) is 2. The number of rotatable bonds is 3. The van der Waals surface area contributed by atoms with Crippen molar-refractivity contribution in [3.05, 3.63) is 35.1 Å². The van der Waals surface area contributed by atoms with E-state index in [2.05, 4.69) is 4.90 Å². The molecule has 1 aromatic rings. The summed E-state index contributed by atoms with van der Waals surface area (Å²) < 4.78 is 39.7. The minimum atomic E-state index is -1.42. The summed E-state index contributed by atoms with van der Waals surface area (Å²) in [6, 6.07) is 1.72. The highest BCUT2D eigenvalue weighted by atomic mass is 19.2. The summed E-state index contributed by atoms with van der Waals surface area (Å²) in [6.45, 7) is 3.72. The SMILES string of the molecule is CCCN1CCCC(N)C1c1cc(F)c(F)c(F)c1. The van der Waals surface area contributed by atoms with Gasteiger partial charge in [-0.15, -0.1) is 0 Å². The first-order chi connectivity index (χ1) is 9.04. The van der Waals surface area contributed by atoms with E-state index in [1.807, 2.05) is 6.92 Å². The molecule has 2 N–H and O–H groups in total. The van der Waals surface area contributed by atoms with E-state index in [9.17, 15) is 13.2 Å². The smallest absolute Gasteiger partial charge is 0.194 e. The molecule has 0 saturated carbocycles. The molecule has 1 fully saturated rings. The van der Waals surface area contributed by atoms with E-state index in [0.717, 1.165) is 44.5 Å². The molecule has 5 heteroatoms. The fraction of sp³-hybridized carbons (Fsp3) is 0.571. The Balaban J connectivity index is 2.35. The van der Waals surface area contributed by atoms with Crippen LogP contribution in [0.25, 0.3) is 0 Å². The predicted octanol–water partition coefficient (Wildman–Crippen LogP) is 2.98. The Kier molecular flexibility index (Phi) is 4.47. The fourth-order valence-electron chi connectivity index (χ4n) is 2.84. The van der Waals surface area contributed by atoms with E-state index in [0.29, 0.717) is 5.56 Å². The summed E-state index contributed by atoms with van der Waals surface area (Å²) in [5, 5.41) is 0. The van der Waals surface area contributed by atoms with Crippen LogP contribution in [0.5, 0.6) is 0 Å². The first-order valence-corrected chi connectivity index (χ1v) is 6.68. The van der Waals surface area contributed by atoms with Gasteiger partial charge in [0.1, 0.15) is 0 Å². The third-order valence-corrected chi connectivity index (χ3v) is 3.64. The maximum Gasteiger partial charge on any atom is 0.194 e. The van der Waals surface area contributed by atoms with E-state index in [-0.39, 0.29) is 12.1 Å². The van der Waals surface area contributed by atoms with Crippen LogP contribution in [0.15, 0.2) is 12.1 Å². The molecule has 1 aliphatic heterocycles. The Morgan fingerprint density at radius 1 is 1.26 bits per heavy atom. The highest BCUT2D eigenvalue weighted by Crippen LogP contribution is 2.31. The monoisotopic (exact) mass is 272 g/mol. The van der Waals surface area contributed by atoms with Crippen LogP contribution < -0.4 is 5.73 Å². The van der Waals surface area contributed by atoms with Gasteiger partial charge in [0.15, 0.2) is 17.5 Å².